The standard InChI is InChI=1S/C14H28N2O/c1-11(2)9-13-7-5-4-6-8-16(13)14(17)10-12(3)15/h11-13H,4-10,15H2,1-3H3. The van der Waals surface area contributed by atoms with Gasteiger partial charge in [-0.25, -0.2) is 0 Å². The molecule has 0 radical (unpaired) electrons. The summed E-state index contributed by atoms with van der Waals surface area (Å²) in [7, 11) is 0. The minimum Gasteiger partial charge on any atom is -0.340 e. The number of carbonyl (C=O) groups excluding carboxylic acids is 1. The summed E-state index contributed by atoms with van der Waals surface area (Å²) < 4.78 is 0. The van der Waals surface area contributed by atoms with Gasteiger partial charge in [-0.3, -0.25) is 4.79 Å². The Labute approximate surface area is 106 Å². The summed E-state index contributed by atoms with van der Waals surface area (Å²) in [5.41, 5.74) is 5.74. The summed E-state index contributed by atoms with van der Waals surface area (Å²) in [4.78, 5) is 14.3. The number of likely N-dealkylation sites (tertiary alicyclic amines) is 1. The van der Waals surface area contributed by atoms with E-state index in [1.54, 1.807) is 0 Å². The quantitative estimate of drug-likeness (QED) is 0.821. The molecule has 100 valence electrons. The second-order valence-corrected chi connectivity index (χ2v) is 5.90. The molecule has 1 aliphatic rings. The summed E-state index contributed by atoms with van der Waals surface area (Å²) >= 11 is 0. The van der Waals surface area contributed by atoms with Crippen LogP contribution in [0.25, 0.3) is 0 Å². The lowest BCUT2D eigenvalue weighted by atomic mass is 9.98. The van der Waals surface area contributed by atoms with Crippen LogP contribution in [0.5, 0.6) is 0 Å². The summed E-state index contributed by atoms with van der Waals surface area (Å²) in [5, 5.41) is 0. The number of rotatable bonds is 4. The van der Waals surface area contributed by atoms with E-state index in [-0.39, 0.29) is 11.9 Å². The maximum Gasteiger partial charge on any atom is 0.224 e. The van der Waals surface area contributed by atoms with Crippen LogP contribution in [-0.2, 0) is 4.79 Å². The lowest BCUT2D eigenvalue weighted by molar-refractivity contribution is -0.134. The Bertz CT molecular complexity index is 238. The van der Waals surface area contributed by atoms with Gasteiger partial charge >= 0.3 is 0 Å². The van der Waals surface area contributed by atoms with Crippen molar-refractivity contribution in [2.24, 2.45) is 11.7 Å². The van der Waals surface area contributed by atoms with Crippen molar-refractivity contribution in [1.29, 1.82) is 0 Å². The highest BCUT2D eigenvalue weighted by atomic mass is 16.2. The van der Waals surface area contributed by atoms with Crippen LogP contribution in [0.1, 0.15) is 59.3 Å². The Kier molecular flexibility index (Phi) is 5.96. The molecule has 1 saturated heterocycles. The van der Waals surface area contributed by atoms with Gasteiger partial charge < -0.3 is 10.6 Å². The molecule has 2 atom stereocenters. The highest BCUT2D eigenvalue weighted by molar-refractivity contribution is 5.77. The van der Waals surface area contributed by atoms with Gasteiger partial charge in [0.15, 0.2) is 0 Å². The molecule has 2 N–H and O–H groups in total. The highest BCUT2D eigenvalue weighted by Crippen LogP contribution is 2.23. The molecule has 0 aromatic carbocycles. The molecule has 1 aliphatic heterocycles. The van der Waals surface area contributed by atoms with Crippen LogP contribution in [0.4, 0.5) is 0 Å². The average Bonchev–Trinajstić information content (AvgIpc) is 2.41. The van der Waals surface area contributed by atoms with E-state index in [1.807, 2.05) is 6.92 Å². The molecule has 0 aromatic heterocycles. The van der Waals surface area contributed by atoms with Crippen LogP contribution < -0.4 is 5.73 Å². The van der Waals surface area contributed by atoms with Gasteiger partial charge in [-0.2, -0.15) is 0 Å². The van der Waals surface area contributed by atoms with Crippen LogP contribution in [-0.4, -0.2) is 29.4 Å². The van der Waals surface area contributed by atoms with Crippen molar-refractivity contribution in [1.82, 2.24) is 4.90 Å². The zero-order valence-corrected chi connectivity index (χ0v) is 11.6. The predicted octanol–water partition coefficient (Wildman–Crippen LogP) is 2.54. The van der Waals surface area contributed by atoms with Crippen molar-refractivity contribution < 1.29 is 4.79 Å². The largest absolute Gasteiger partial charge is 0.340 e. The molecule has 3 heteroatoms. The number of hydrogen-bond acceptors (Lipinski definition) is 2. The van der Waals surface area contributed by atoms with E-state index >= 15 is 0 Å². The summed E-state index contributed by atoms with van der Waals surface area (Å²) in [6.45, 7) is 7.31. The van der Waals surface area contributed by atoms with Crippen molar-refractivity contribution in [3.63, 3.8) is 0 Å². The molecule has 3 nitrogen and oxygen atoms in total. The third kappa shape index (κ3) is 5.07. The molecule has 0 aromatic rings. The van der Waals surface area contributed by atoms with Crippen LogP contribution >= 0.6 is 0 Å². The smallest absolute Gasteiger partial charge is 0.224 e. The maximum atomic E-state index is 12.2. The Hall–Kier alpha value is -0.570. The van der Waals surface area contributed by atoms with Gasteiger partial charge in [0.1, 0.15) is 0 Å². The van der Waals surface area contributed by atoms with E-state index in [0.717, 1.165) is 19.4 Å². The second-order valence-electron chi connectivity index (χ2n) is 5.90. The van der Waals surface area contributed by atoms with Crippen LogP contribution in [0.15, 0.2) is 0 Å². The lowest BCUT2D eigenvalue weighted by Gasteiger charge is -2.32. The molecule has 1 fully saturated rings. The summed E-state index contributed by atoms with van der Waals surface area (Å²) in [6.07, 6.45) is 6.47. The van der Waals surface area contributed by atoms with E-state index in [4.69, 9.17) is 5.73 Å². The predicted molar refractivity (Wildman–Crippen MR) is 71.7 cm³/mol. The minimum atomic E-state index is -0.0227. The highest BCUT2D eigenvalue weighted by Gasteiger charge is 2.26. The number of amides is 1. The van der Waals surface area contributed by atoms with Gasteiger partial charge in [-0.1, -0.05) is 26.7 Å². The van der Waals surface area contributed by atoms with Crippen molar-refractivity contribution >= 4 is 5.91 Å². The molecular weight excluding hydrogens is 212 g/mol. The normalized spacial score (nSPS) is 23.6. The molecular formula is C14H28N2O. The van der Waals surface area contributed by atoms with Crippen molar-refractivity contribution in [3.05, 3.63) is 0 Å². The molecule has 1 rings (SSSR count). The summed E-state index contributed by atoms with van der Waals surface area (Å²) in [5.74, 6) is 0.913. The topological polar surface area (TPSA) is 46.3 Å². The SMILES string of the molecule is CC(C)CC1CCCCCN1C(=O)CC(C)N. The number of carbonyl (C=O) groups is 1. The monoisotopic (exact) mass is 240 g/mol. The fraction of sp³-hybridized carbons (Fsp3) is 0.929. The van der Waals surface area contributed by atoms with E-state index in [2.05, 4.69) is 18.7 Å². The second kappa shape index (κ2) is 7.00. The molecule has 0 saturated carbocycles. The molecule has 0 aliphatic carbocycles. The molecule has 1 amide bonds. The average molecular weight is 240 g/mol. The Morgan fingerprint density at radius 1 is 1.29 bits per heavy atom. The molecule has 0 spiro atoms. The van der Waals surface area contributed by atoms with Gasteiger partial charge in [-0.05, 0) is 32.1 Å². The summed E-state index contributed by atoms with van der Waals surface area (Å²) in [6, 6.07) is 0.425. The first-order chi connectivity index (χ1) is 8.00. The van der Waals surface area contributed by atoms with Gasteiger partial charge in [0.25, 0.3) is 0 Å². The Balaban J connectivity index is 2.63. The van der Waals surface area contributed by atoms with Crippen LogP contribution in [0.2, 0.25) is 0 Å². The van der Waals surface area contributed by atoms with E-state index in [0.29, 0.717) is 18.4 Å². The van der Waals surface area contributed by atoms with Gasteiger partial charge in [0, 0.05) is 25.0 Å². The fourth-order valence-electron chi connectivity index (χ4n) is 2.69. The van der Waals surface area contributed by atoms with Crippen LogP contribution in [0.3, 0.4) is 0 Å². The van der Waals surface area contributed by atoms with Gasteiger partial charge in [0.2, 0.25) is 5.91 Å². The first kappa shape index (κ1) is 14.5. The third-order valence-electron chi connectivity index (χ3n) is 3.44. The Morgan fingerprint density at radius 3 is 2.59 bits per heavy atom. The first-order valence-corrected chi connectivity index (χ1v) is 7.05. The minimum absolute atomic E-state index is 0.0227. The van der Waals surface area contributed by atoms with Crippen molar-refractivity contribution in [3.8, 4) is 0 Å². The van der Waals surface area contributed by atoms with E-state index in [1.165, 1.54) is 19.3 Å². The zero-order chi connectivity index (χ0) is 12.8. The van der Waals surface area contributed by atoms with E-state index < -0.39 is 0 Å². The van der Waals surface area contributed by atoms with Gasteiger partial charge in [-0.15, -0.1) is 0 Å². The van der Waals surface area contributed by atoms with Crippen molar-refractivity contribution in [2.75, 3.05) is 6.54 Å². The van der Waals surface area contributed by atoms with Crippen molar-refractivity contribution in [2.45, 2.75) is 71.4 Å². The molecule has 1 heterocycles. The molecule has 0 bridgehead atoms. The first-order valence-electron chi connectivity index (χ1n) is 7.05. The zero-order valence-electron chi connectivity index (χ0n) is 11.6. The Morgan fingerprint density at radius 2 is 2.00 bits per heavy atom. The molecule has 2 unspecified atom stereocenters. The maximum absolute atomic E-state index is 12.2. The van der Waals surface area contributed by atoms with E-state index in [9.17, 15) is 4.79 Å². The number of nitrogens with two attached hydrogens (primary N) is 1. The third-order valence-corrected chi connectivity index (χ3v) is 3.44. The van der Waals surface area contributed by atoms with Crippen LogP contribution in [0, 0.1) is 5.92 Å². The van der Waals surface area contributed by atoms with Gasteiger partial charge in [0.05, 0.1) is 0 Å². The number of hydrogen-bond donors (Lipinski definition) is 1. The lowest BCUT2D eigenvalue weighted by Crippen LogP contribution is -2.42. The fourth-order valence-corrected chi connectivity index (χ4v) is 2.69. The number of nitrogens with zero attached hydrogens (tertiary/aromatic N) is 1. The molecule has 17 heavy (non-hydrogen) atoms.